The molecule has 0 bridgehead atoms. The molecule has 18 heavy (non-hydrogen) atoms. The Balaban J connectivity index is 1.47. The summed E-state index contributed by atoms with van der Waals surface area (Å²) in [4.78, 5) is 3.67. The van der Waals surface area contributed by atoms with Crippen LogP contribution in [0.2, 0.25) is 4.34 Å². The van der Waals surface area contributed by atoms with E-state index in [0.29, 0.717) is 16.2 Å². The average molecular weight is 293 g/mol. The first-order valence-electron chi connectivity index (χ1n) is 6.25. The summed E-state index contributed by atoms with van der Waals surface area (Å²) in [5.74, 6) is 0.464. The molecule has 1 fully saturated rings. The minimum Gasteiger partial charge on any atom is -0.368 e. The van der Waals surface area contributed by atoms with Gasteiger partial charge in [0.15, 0.2) is 5.82 Å². The van der Waals surface area contributed by atoms with Gasteiger partial charge in [-0.1, -0.05) is 22.9 Å². The fraction of sp³-hybridized carbons (Fsp3) is 0.727. The summed E-state index contributed by atoms with van der Waals surface area (Å²) in [6.45, 7) is 3.99. The van der Waals surface area contributed by atoms with Crippen molar-refractivity contribution in [1.29, 1.82) is 0 Å². The molecule has 7 heteroatoms. The van der Waals surface area contributed by atoms with Crippen LogP contribution in [0.3, 0.4) is 0 Å². The van der Waals surface area contributed by atoms with E-state index in [0.717, 1.165) is 50.4 Å². The monoisotopic (exact) mass is 292 g/mol. The van der Waals surface area contributed by atoms with Crippen LogP contribution in [0.15, 0.2) is 0 Å². The quantitative estimate of drug-likeness (QED) is 0.642. The Morgan fingerprint density at radius 3 is 2.83 bits per heavy atom. The molecule has 1 aromatic heterocycles. The molecule has 0 unspecified atom stereocenters. The van der Waals surface area contributed by atoms with Crippen LogP contribution in [0.4, 0.5) is 10.2 Å². The molecule has 1 aliphatic heterocycles. The van der Waals surface area contributed by atoms with Crippen molar-refractivity contribution in [2.75, 3.05) is 31.5 Å². The number of thiazole rings is 1. The standard InChI is InChI=1S/C11H18ClFN4S/c12-9-10(17-11(13)18-9)16-5-2-1-4-14-7-8-3-6-15-8/h8,14-16H,1-7H2/t8-/m1/s1. The van der Waals surface area contributed by atoms with Gasteiger partial charge in [-0.15, -0.1) is 0 Å². The van der Waals surface area contributed by atoms with Crippen LogP contribution in [0.5, 0.6) is 0 Å². The zero-order chi connectivity index (χ0) is 12.8. The highest BCUT2D eigenvalue weighted by Gasteiger charge is 2.14. The number of unbranched alkanes of at least 4 members (excludes halogenated alkanes) is 1. The van der Waals surface area contributed by atoms with E-state index in [1.54, 1.807) is 0 Å². The van der Waals surface area contributed by atoms with E-state index in [1.807, 2.05) is 0 Å². The minimum atomic E-state index is -0.489. The third-order valence-electron chi connectivity index (χ3n) is 2.95. The first kappa shape index (κ1) is 14.0. The molecule has 102 valence electrons. The van der Waals surface area contributed by atoms with Crippen molar-refractivity contribution in [3.63, 3.8) is 0 Å². The van der Waals surface area contributed by atoms with Gasteiger partial charge in [0, 0.05) is 19.1 Å². The largest absolute Gasteiger partial charge is 0.368 e. The summed E-state index contributed by atoms with van der Waals surface area (Å²) >= 11 is 6.66. The average Bonchev–Trinajstić information content (AvgIpc) is 2.59. The summed E-state index contributed by atoms with van der Waals surface area (Å²) in [7, 11) is 0. The molecule has 3 N–H and O–H groups in total. The van der Waals surface area contributed by atoms with Crippen molar-refractivity contribution in [3.8, 4) is 0 Å². The molecule has 0 radical (unpaired) electrons. The Kier molecular flexibility index (Phi) is 5.62. The fourth-order valence-electron chi connectivity index (χ4n) is 1.77. The fourth-order valence-corrected chi connectivity index (χ4v) is 2.57. The number of halogens is 2. The summed E-state index contributed by atoms with van der Waals surface area (Å²) in [5, 5.41) is 9.31. The van der Waals surface area contributed by atoms with Gasteiger partial charge in [0.05, 0.1) is 0 Å². The maximum Gasteiger partial charge on any atom is 0.272 e. The first-order valence-corrected chi connectivity index (χ1v) is 7.45. The van der Waals surface area contributed by atoms with E-state index in [9.17, 15) is 4.39 Å². The van der Waals surface area contributed by atoms with E-state index in [2.05, 4.69) is 20.9 Å². The maximum atomic E-state index is 12.7. The lowest BCUT2D eigenvalue weighted by Gasteiger charge is -2.27. The number of nitrogens with one attached hydrogen (secondary N) is 3. The number of nitrogens with zero attached hydrogens (tertiary/aromatic N) is 1. The van der Waals surface area contributed by atoms with Crippen molar-refractivity contribution in [3.05, 3.63) is 9.60 Å². The van der Waals surface area contributed by atoms with Gasteiger partial charge in [-0.25, -0.2) is 0 Å². The van der Waals surface area contributed by atoms with Gasteiger partial charge in [-0.2, -0.15) is 9.37 Å². The Morgan fingerprint density at radius 1 is 1.44 bits per heavy atom. The molecule has 2 rings (SSSR count). The molecule has 2 heterocycles. The van der Waals surface area contributed by atoms with Gasteiger partial charge >= 0.3 is 0 Å². The van der Waals surface area contributed by atoms with Crippen molar-refractivity contribution in [2.45, 2.75) is 25.3 Å². The molecule has 0 aliphatic carbocycles. The molecular formula is C11H18ClFN4S. The molecule has 1 atom stereocenters. The van der Waals surface area contributed by atoms with Gasteiger partial charge < -0.3 is 16.0 Å². The van der Waals surface area contributed by atoms with Crippen molar-refractivity contribution >= 4 is 28.8 Å². The number of hydrogen-bond donors (Lipinski definition) is 3. The maximum absolute atomic E-state index is 12.7. The smallest absolute Gasteiger partial charge is 0.272 e. The van der Waals surface area contributed by atoms with Gasteiger partial charge in [0.2, 0.25) is 0 Å². The summed E-state index contributed by atoms with van der Waals surface area (Å²) in [5.41, 5.74) is 0. The lowest BCUT2D eigenvalue weighted by atomic mass is 10.1. The molecule has 1 aromatic rings. The Hall–Kier alpha value is -0.430. The van der Waals surface area contributed by atoms with Crippen molar-refractivity contribution in [2.24, 2.45) is 0 Å². The zero-order valence-corrected chi connectivity index (χ0v) is 11.7. The Bertz CT molecular complexity index is 370. The molecule has 4 nitrogen and oxygen atoms in total. The van der Waals surface area contributed by atoms with Crippen LogP contribution in [-0.4, -0.2) is 37.2 Å². The van der Waals surface area contributed by atoms with Gasteiger partial charge in [-0.3, -0.25) is 0 Å². The number of rotatable bonds is 8. The first-order chi connectivity index (χ1) is 8.75. The second kappa shape index (κ2) is 7.23. The highest BCUT2D eigenvalue weighted by Crippen LogP contribution is 2.27. The minimum absolute atomic E-state index is 0.390. The summed E-state index contributed by atoms with van der Waals surface area (Å²) < 4.78 is 13.1. The second-order valence-electron chi connectivity index (χ2n) is 4.37. The molecule has 0 saturated carbocycles. The van der Waals surface area contributed by atoms with Crippen molar-refractivity contribution < 1.29 is 4.39 Å². The van der Waals surface area contributed by atoms with Crippen LogP contribution in [0.1, 0.15) is 19.3 Å². The normalized spacial score (nSPS) is 18.7. The summed E-state index contributed by atoms with van der Waals surface area (Å²) in [6, 6.07) is 0.667. The van der Waals surface area contributed by atoms with Gasteiger partial charge in [-0.05, 0) is 32.4 Å². The summed E-state index contributed by atoms with van der Waals surface area (Å²) in [6.07, 6.45) is 3.38. The van der Waals surface area contributed by atoms with Gasteiger partial charge in [0.1, 0.15) is 4.34 Å². The second-order valence-corrected chi connectivity index (χ2v) is 5.92. The third-order valence-corrected chi connectivity index (χ3v) is 3.99. The van der Waals surface area contributed by atoms with E-state index < -0.39 is 5.26 Å². The Labute approximate surface area is 115 Å². The number of anilines is 1. The van der Waals surface area contributed by atoms with Crippen LogP contribution < -0.4 is 16.0 Å². The Morgan fingerprint density at radius 2 is 2.22 bits per heavy atom. The highest BCUT2D eigenvalue weighted by atomic mass is 35.5. The number of hydrogen-bond acceptors (Lipinski definition) is 5. The highest BCUT2D eigenvalue weighted by molar-refractivity contribution is 7.15. The molecule has 1 aliphatic rings. The van der Waals surface area contributed by atoms with E-state index in [4.69, 9.17) is 11.6 Å². The topological polar surface area (TPSA) is 49.0 Å². The van der Waals surface area contributed by atoms with Crippen LogP contribution in [0, 0.1) is 5.26 Å². The number of aromatic nitrogens is 1. The molecule has 0 aromatic carbocycles. The van der Waals surface area contributed by atoms with Crippen LogP contribution in [-0.2, 0) is 0 Å². The van der Waals surface area contributed by atoms with Crippen LogP contribution in [0.25, 0.3) is 0 Å². The lowest BCUT2D eigenvalue weighted by Crippen LogP contribution is -2.49. The van der Waals surface area contributed by atoms with Gasteiger partial charge in [0.25, 0.3) is 5.26 Å². The van der Waals surface area contributed by atoms with Crippen molar-refractivity contribution in [1.82, 2.24) is 15.6 Å². The molecule has 1 saturated heterocycles. The van der Waals surface area contributed by atoms with Crippen LogP contribution >= 0.6 is 22.9 Å². The molecule has 0 amide bonds. The van der Waals surface area contributed by atoms with E-state index in [1.165, 1.54) is 6.42 Å². The zero-order valence-electron chi connectivity index (χ0n) is 10.1. The molecular weight excluding hydrogens is 275 g/mol. The van der Waals surface area contributed by atoms with E-state index in [-0.39, 0.29) is 0 Å². The SMILES string of the molecule is Fc1nc(NCCCCNC[C@H]2CCN2)c(Cl)s1. The lowest BCUT2D eigenvalue weighted by molar-refractivity contribution is 0.353. The third kappa shape index (κ3) is 4.35. The predicted octanol–water partition coefficient (Wildman–Crippen LogP) is 2.08. The predicted molar refractivity (Wildman–Crippen MR) is 74.1 cm³/mol. The molecule has 0 spiro atoms. The van der Waals surface area contributed by atoms with E-state index >= 15 is 0 Å².